The molecule has 118 valence electrons. The van der Waals surface area contributed by atoms with Crippen LogP contribution in [0.5, 0.6) is 0 Å². The van der Waals surface area contributed by atoms with Crippen molar-refractivity contribution in [3.63, 3.8) is 0 Å². The van der Waals surface area contributed by atoms with Gasteiger partial charge in [0, 0.05) is 5.69 Å². The second-order valence-corrected chi connectivity index (χ2v) is 8.02. The van der Waals surface area contributed by atoms with Crippen LogP contribution in [0.25, 0.3) is 0 Å². The fraction of sp³-hybridized carbons (Fsp3) is 0.625. The van der Waals surface area contributed by atoms with Crippen molar-refractivity contribution in [3.05, 3.63) is 29.8 Å². The van der Waals surface area contributed by atoms with Crippen LogP contribution in [0.1, 0.15) is 44.6 Å². The molecule has 2 rings (SSSR count). The maximum absolute atomic E-state index is 12.1. The molecule has 1 aliphatic heterocycles. The molecular formula is C16H26N2O2S. The number of sulfonamides is 1. The molecule has 1 heterocycles. The van der Waals surface area contributed by atoms with E-state index in [1.54, 1.807) is 0 Å². The van der Waals surface area contributed by atoms with Crippen LogP contribution in [0, 0.1) is 5.92 Å². The highest BCUT2D eigenvalue weighted by Crippen LogP contribution is 2.20. The molecule has 1 fully saturated rings. The fourth-order valence-corrected chi connectivity index (χ4v) is 3.90. The molecule has 0 amide bonds. The Bertz CT molecular complexity index is 532. The van der Waals surface area contributed by atoms with Gasteiger partial charge in [0.05, 0.1) is 5.75 Å². The predicted octanol–water partition coefficient (Wildman–Crippen LogP) is 2.94. The van der Waals surface area contributed by atoms with E-state index in [0.717, 1.165) is 32.4 Å². The number of benzene rings is 1. The van der Waals surface area contributed by atoms with E-state index in [1.807, 2.05) is 24.3 Å². The highest BCUT2D eigenvalue weighted by Gasteiger charge is 2.17. The SMILES string of the molecule is CC(C)c1ccc(NS(=O)(=O)CCC2CCNCC2)cc1. The molecule has 0 unspecified atom stereocenters. The molecule has 0 aliphatic carbocycles. The summed E-state index contributed by atoms with van der Waals surface area (Å²) in [6, 6.07) is 7.65. The molecule has 2 N–H and O–H groups in total. The fourth-order valence-electron chi connectivity index (χ4n) is 2.66. The maximum Gasteiger partial charge on any atom is 0.232 e. The zero-order chi connectivity index (χ0) is 15.3. The van der Waals surface area contributed by atoms with Crippen LogP contribution in [-0.2, 0) is 10.0 Å². The molecule has 1 aromatic rings. The Hall–Kier alpha value is -1.07. The zero-order valence-corrected chi connectivity index (χ0v) is 13.7. The monoisotopic (exact) mass is 310 g/mol. The number of nitrogens with one attached hydrogen (secondary N) is 2. The summed E-state index contributed by atoms with van der Waals surface area (Å²) >= 11 is 0. The Morgan fingerprint density at radius 1 is 1.19 bits per heavy atom. The van der Waals surface area contributed by atoms with Crippen molar-refractivity contribution >= 4 is 15.7 Å². The second-order valence-electron chi connectivity index (χ2n) is 6.18. The minimum Gasteiger partial charge on any atom is -0.317 e. The lowest BCUT2D eigenvalue weighted by Crippen LogP contribution is -2.29. The summed E-state index contributed by atoms with van der Waals surface area (Å²) in [6.07, 6.45) is 2.91. The van der Waals surface area contributed by atoms with Gasteiger partial charge in [-0.3, -0.25) is 4.72 Å². The maximum atomic E-state index is 12.1. The molecule has 5 heteroatoms. The average molecular weight is 310 g/mol. The van der Waals surface area contributed by atoms with Crippen LogP contribution in [0.15, 0.2) is 24.3 Å². The third-order valence-corrected chi connectivity index (χ3v) is 5.42. The molecule has 1 aliphatic rings. The van der Waals surface area contributed by atoms with E-state index in [9.17, 15) is 8.42 Å². The van der Waals surface area contributed by atoms with Crippen LogP contribution < -0.4 is 10.0 Å². The largest absolute Gasteiger partial charge is 0.317 e. The highest BCUT2D eigenvalue weighted by molar-refractivity contribution is 7.92. The normalized spacial score (nSPS) is 17.1. The van der Waals surface area contributed by atoms with Gasteiger partial charge in [0.15, 0.2) is 0 Å². The van der Waals surface area contributed by atoms with Gasteiger partial charge < -0.3 is 5.32 Å². The first-order valence-electron chi connectivity index (χ1n) is 7.77. The van der Waals surface area contributed by atoms with E-state index >= 15 is 0 Å². The number of piperidine rings is 1. The molecular weight excluding hydrogens is 284 g/mol. The lowest BCUT2D eigenvalue weighted by Gasteiger charge is -2.22. The molecule has 0 spiro atoms. The Morgan fingerprint density at radius 3 is 2.38 bits per heavy atom. The lowest BCUT2D eigenvalue weighted by molar-refractivity contribution is 0.365. The van der Waals surface area contributed by atoms with Crippen molar-refractivity contribution in [1.29, 1.82) is 0 Å². The molecule has 1 saturated heterocycles. The summed E-state index contributed by atoms with van der Waals surface area (Å²) in [4.78, 5) is 0. The summed E-state index contributed by atoms with van der Waals surface area (Å²) in [5.74, 6) is 1.20. The molecule has 0 bridgehead atoms. The van der Waals surface area contributed by atoms with Gasteiger partial charge in [-0.15, -0.1) is 0 Å². The summed E-state index contributed by atoms with van der Waals surface area (Å²) < 4.78 is 26.9. The van der Waals surface area contributed by atoms with E-state index in [0.29, 0.717) is 17.5 Å². The summed E-state index contributed by atoms with van der Waals surface area (Å²) in [7, 11) is -3.24. The van der Waals surface area contributed by atoms with E-state index in [4.69, 9.17) is 0 Å². The van der Waals surface area contributed by atoms with Crippen molar-refractivity contribution in [2.24, 2.45) is 5.92 Å². The summed E-state index contributed by atoms with van der Waals surface area (Å²) in [5, 5.41) is 3.30. The van der Waals surface area contributed by atoms with Gasteiger partial charge >= 0.3 is 0 Å². The Balaban J connectivity index is 1.87. The number of rotatable bonds is 6. The molecule has 0 saturated carbocycles. The molecule has 0 aromatic heterocycles. The number of hydrogen-bond donors (Lipinski definition) is 2. The van der Waals surface area contributed by atoms with Gasteiger partial charge in [0.2, 0.25) is 10.0 Å². The van der Waals surface area contributed by atoms with Crippen LogP contribution >= 0.6 is 0 Å². The quantitative estimate of drug-likeness (QED) is 0.849. The lowest BCUT2D eigenvalue weighted by atomic mass is 9.96. The van der Waals surface area contributed by atoms with Gasteiger partial charge in [-0.05, 0) is 61.9 Å². The highest BCUT2D eigenvalue weighted by atomic mass is 32.2. The third kappa shape index (κ3) is 5.32. The van der Waals surface area contributed by atoms with Gasteiger partial charge in [0.25, 0.3) is 0 Å². The van der Waals surface area contributed by atoms with Crippen molar-refractivity contribution in [3.8, 4) is 0 Å². The first kappa shape index (κ1) is 16.3. The smallest absolute Gasteiger partial charge is 0.232 e. The first-order valence-corrected chi connectivity index (χ1v) is 9.42. The van der Waals surface area contributed by atoms with Crippen molar-refractivity contribution in [2.75, 3.05) is 23.6 Å². The van der Waals surface area contributed by atoms with E-state index in [2.05, 4.69) is 23.9 Å². The Morgan fingerprint density at radius 2 is 1.81 bits per heavy atom. The van der Waals surface area contributed by atoms with Gasteiger partial charge in [0.1, 0.15) is 0 Å². The third-order valence-electron chi connectivity index (χ3n) is 4.10. The van der Waals surface area contributed by atoms with Crippen molar-refractivity contribution < 1.29 is 8.42 Å². The molecule has 0 atom stereocenters. The minimum absolute atomic E-state index is 0.212. The first-order chi connectivity index (χ1) is 9.96. The Labute approximate surface area is 128 Å². The van der Waals surface area contributed by atoms with E-state index < -0.39 is 10.0 Å². The predicted molar refractivity (Wildman–Crippen MR) is 88.2 cm³/mol. The van der Waals surface area contributed by atoms with E-state index in [1.165, 1.54) is 5.56 Å². The average Bonchev–Trinajstić information content (AvgIpc) is 2.46. The molecule has 21 heavy (non-hydrogen) atoms. The number of hydrogen-bond acceptors (Lipinski definition) is 3. The molecule has 4 nitrogen and oxygen atoms in total. The van der Waals surface area contributed by atoms with Gasteiger partial charge in [-0.25, -0.2) is 8.42 Å². The van der Waals surface area contributed by atoms with Crippen molar-refractivity contribution in [1.82, 2.24) is 5.32 Å². The Kier molecular flexibility index (Phi) is 5.65. The van der Waals surface area contributed by atoms with Crippen LogP contribution in [0.4, 0.5) is 5.69 Å². The standard InChI is InChI=1S/C16H26N2O2S/c1-13(2)15-3-5-16(6-4-15)18-21(19,20)12-9-14-7-10-17-11-8-14/h3-6,13-14,17-18H,7-12H2,1-2H3. The van der Waals surface area contributed by atoms with Crippen LogP contribution in [0.2, 0.25) is 0 Å². The zero-order valence-electron chi connectivity index (χ0n) is 12.9. The van der Waals surface area contributed by atoms with Gasteiger partial charge in [-0.1, -0.05) is 26.0 Å². The van der Waals surface area contributed by atoms with Crippen molar-refractivity contribution in [2.45, 2.75) is 39.0 Å². The second kappa shape index (κ2) is 7.27. The summed E-state index contributed by atoms with van der Waals surface area (Å²) in [5.41, 5.74) is 1.87. The topological polar surface area (TPSA) is 58.2 Å². The molecule has 1 aromatic carbocycles. The summed E-state index contributed by atoms with van der Waals surface area (Å²) in [6.45, 7) is 6.26. The molecule has 0 radical (unpaired) electrons. The minimum atomic E-state index is -3.24. The van der Waals surface area contributed by atoms with E-state index in [-0.39, 0.29) is 5.75 Å². The van der Waals surface area contributed by atoms with Crippen LogP contribution in [-0.4, -0.2) is 27.3 Å². The van der Waals surface area contributed by atoms with Crippen LogP contribution in [0.3, 0.4) is 0 Å². The number of anilines is 1. The van der Waals surface area contributed by atoms with Gasteiger partial charge in [-0.2, -0.15) is 0 Å².